The van der Waals surface area contributed by atoms with Gasteiger partial charge in [0.15, 0.2) is 0 Å². The number of anilines is 3. The van der Waals surface area contributed by atoms with Crippen LogP contribution in [-0.4, -0.2) is 22.5 Å². The highest BCUT2D eigenvalue weighted by Crippen LogP contribution is 2.33. The van der Waals surface area contributed by atoms with Gasteiger partial charge in [0.2, 0.25) is 5.95 Å². The molecule has 0 saturated carbocycles. The lowest BCUT2D eigenvalue weighted by Gasteiger charge is -2.12. The number of nitrogens with one attached hydrogen (secondary N) is 2. The number of halogens is 8. The molecule has 0 aliphatic rings. The van der Waals surface area contributed by atoms with E-state index in [-0.39, 0.29) is 22.6 Å². The van der Waals surface area contributed by atoms with Crippen molar-refractivity contribution in [1.82, 2.24) is 9.97 Å². The molecule has 0 spiro atoms. The standard InChI is InChI=1S/C19H11ClF7N5O/c20-15-8-16(29-11-3-6-14(21)13(7-11)18(22,23)24)31-17(30-15)32-28-9-10-1-4-12(5-2-10)33-19(25,26)27/h1-9H,(H2,29,30,31,32)/b28-9+. The minimum atomic E-state index is -4.89. The molecule has 6 nitrogen and oxygen atoms in total. The normalized spacial score (nSPS) is 12.1. The zero-order valence-electron chi connectivity index (χ0n) is 16.0. The van der Waals surface area contributed by atoms with Gasteiger partial charge in [-0.1, -0.05) is 11.6 Å². The highest BCUT2D eigenvalue weighted by molar-refractivity contribution is 6.29. The van der Waals surface area contributed by atoms with Crippen LogP contribution in [-0.2, 0) is 6.18 Å². The smallest absolute Gasteiger partial charge is 0.406 e. The second-order valence-electron chi connectivity index (χ2n) is 6.20. The van der Waals surface area contributed by atoms with Crippen molar-refractivity contribution in [2.24, 2.45) is 5.10 Å². The second kappa shape index (κ2) is 9.48. The highest BCUT2D eigenvalue weighted by Gasteiger charge is 2.34. The summed E-state index contributed by atoms with van der Waals surface area (Å²) < 4.78 is 92.3. The molecule has 14 heteroatoms. The summed E-state index contributed by atoms with van der Waals surface area (Å²) in [5.41, 5.74) is 1.28. The van der Waals surface area contributed by atoms with Crippen molar-refractivity contribution in [3.05, 3.63) is 70.6 Å². The van der Waals surface area contributed by atoms with Crippen molar-refractivity contribution in [2.75, 3.05) is 10.7 Å². The van der Waals surface area contributed by atoms with E-state index < -0.39 is 29.7 Å². The van der Waals surface area contributed by atoms with Gasteiger partial charge in [-0.15, -0.1) is 13.2 Å². The average molecular weight is 494 g/mol. The van der Waals surface area contributed by atoms with Gasteiger partial charge in [0, 0.05) is 11.8 Å². The molecule has 0 unspecified atom stereocenters. The van der Waals surface area contributed by atoms with E-state index in [0.717, 1.165) is 18.2 Å². The monoisotopic (exact) mass is 493 g/mol. The third-order valence-corrected chi connectivity index (χ3v) is 3.92. The molecule has 0 amide bonds. The van der Waals surface area contributed by atoms with Gasteiger partial charge >= 0.3 is 12.5 Å². The molecule has 33 heavy (non-hydrogen) atoms. The van der Waals surface area contributed by atoms with E-state index in [0.29, 0.717) is 17.7 Å². The van der Waals surface area contributed by atoms with Gasteiger partial charge in [0.05, 0.1) is 11.8 Å². The van der Waals surface area contributed by atoms with Crippen LogP contribution in [0.3, 0.4) is 0 Å². The first-order valence-corrected chi connectivity index (χ1v) is 9.10. The van der Waals surface area contributed by atoms with Crippen LogP contribution in [0.2, 0.25) is 5.15 Å². The molecule has 2 N–H and O–H groups in total. The second-order valence-corrected chi connectivity index (χ2v) is 6.59. The largest absolute Gasteiger partial charge is 0.573 e. The molecule has 0 bridgehead atoms. The predicted octanol–water partition coefficient (Wildman–Crippen LogP) is 6.38. The molecule has 1 heterocycles. The van der Waals surface area contributed by atoms with Crippen LogP contribution in [0.4, 0.5) is 48.2 Å². The van der Waals surface area contributed by atoms with E-state index in [9.17, 15) is 30.7 Å². The number of rotatable bonds is 6. The van der Waals surface area contributed by atoms with Crippen LogP contribution in [0.5, 0.6) is 5.75 Å². The summed E-state index contributed by atoms with van der Waals surface area (Å²) >= 11 is 5.88. The highest BCUT2D eigenvalue weighted by atomic mass is 35.5. The van der Waals surface area contributed by atoms with Crippen LogP contribution < -0.4 is 15.5 Å². The molecule has 3 aromatic rings. The van der Waals surface area contributed by atoms with Crippen molar-refractivity contribution in [2.45, 2.75) is 12.5 Å². The Bertz CT molecular complexity index is 1150. The third-order valence-electron chi connectivity index (χ3n) is 3.73. The lowest BCUT2D eigenvalue weighted by Crippen LogP contribution is -2.17. The summed E-state index contributed by atoms with van der Waals surface area (Å²) in [6.07, 6.45) is -8.46. The Kier molecular flexibility index (Phi) is 6.91. The molecule has 1 aromatic heterocycles. The molecule has 0 aliphatic carbocycles. The van der Waals surface area contributed by atoms with Gasteiger partial charge in [-0.3, -0.25) is 0 Å². The number of benzene rings is 2. The molecular formula is C19H11ClF7N5O. The summed E-state index contributed by atoms with van der Waals surface area (Å²) in [6.45, 7) is 0. The molecule has 0 atom stereocenters. The predicted molar refractivity (Wildman–Crippen MR) is 106 cm³/mol. The van der Waals surface area contributed by atoms with Gasteiger partial charge in [-0.05, 0) is 48.0 Å². The fourth-order valence-corrected chi connectivity index (χ4v) is 2.60. The Morgan fingerprint density at radius 1 is 0.939 bits per heavy atom. The fraction of sp³-hybridized carbons (Fsp3) is 0.105. The zero-order valence-corrected chi connectivity index (χ0v) is 16.7. The number of nitrogens with zero attached hydrogens (tertiary/aromatic N) is 3. The van der Waals surface area contributed by atoms with E-state index in [1.54, 1.807) is 0 Å². The minimum absolute atomic E-state index is 0.0129. The van der Waals surface area contributed by atoms with Gasteiger partial charge in [-0.25, -0.2) is 9.82 Å². The van der Waals surface area contributed by atoms with Crippen molar-refractivity contribution in [1.29, 1.82) is 0 Å². The Balaban J connectivity index is 1.70. The van der Waals surface area contributed by atoms with Crippen LogP contribution in [0.1, 0.15) is 11.1 Å². The molecular weight excluding hydrogens is 483 g/mol. The van der Waals surface area contributed by atoms with Gasteiger partial charge in [-0.2, -0.15) is 28.2 Å². The van der Waals surface area contributed by atoms with Crippen LogP contribution in [0.25, 0.3) is 0 Å². The Hall–Kier alpha value is -3.61. The van der Waals surface area contributed by atoms with E-state index in [2.05, 4.69) is 30.5 Å². The van der Waals surface area contributed by atoms with Crippen LogP contribution >= 0.6 is 11.6 Å². The van der Waals surface area contributed by atoms with Crippen molar-refractivity contribution in [3.8, 4) is 5.75 Å². The fourth-order valence-electron chi connectivity index (χ4n) is 2.42. The molecule has 0 aliphatic heterocycles. The number of hydrazone groups is 1. The maximum atomic E-state index is 13.4. The third kappa shape index (κ3) is 7.20. The van der Waals surface area contributed by atoms with Crippen LogP contribution in [0, 0.1) is 5.82 Å². The van der Waals surface area contributed by atoms with Gasteiger partial charge in [0.1, 0.15) is 22.5 Å². The van der Waals surface area contributed by atoms with Crippen molar-refractivity contribution >= 4 is 35.3 Å². The quantitative estimate of drug-likeness (QED) is 0.180. The Labute approximate surface area is 186 Å². The summed E-state index contributed by atoms with van der Waals surface area (Å²) in [5.74, 6) is -1.99. The maximum Gasteiger partial charge on any atom is 0.573 e. The number of alkyl halides is 6. The lowest BCUT2D eigenvalue weighted by molar-refractivity contribution is -0.274. The number of hydrogen-bond acceptors (Lipinski definition) is 6. The first-order valence-electron chi connectivity index (χ1n) is 8.72. The van der Waals surface area contributed by atoms with Crippen molar-refractivity contribution < 1.29 is 35.5 Å². The van der Waals surface area contributed by atoms with E-state index in [1.165, 1.54) is 24.4 Å². The van der Waals surface area contributed by atoms with Crippen molar-refractivity contribution in [3.63, 3.8) is 0 Å². The molecule has 0 saturated heterocycles. The first kappa shape index (κ1) is 24.0. The lowest BCUT2D eigenvalue weighted by atomic mass is 10.2. The Morgan fingerprint density at radius 2 is 1.64 bits per heavy atom. The summed E-state index contributed by atoms with van der Waals surface area (Å²) in [7, 11) is 0. The molecule has 0 fully saturated rings. The number of hydrogen-bond donors (Lipinski definition) is 2. The van der Waals surface area contributed by atoms with Crippen LogP contribution in [0.15, 0.2) is 53.6 Å². The zero-order chi connectivity index (χ0) is 24.2. The average Bonchev–Trinajstić information content (AvgIpc) is 2.68. The van der Waals surface area contributed by atoms with E-state index >= 15 is 0 Å². The number of ether oxygens (including phenoxy) is 1. The van der Waals surface area contributed by atoms with Gasteiger partial charge < -0.3 is 10.1 Å². The summed E-state index contributed by atoms with van der Waals surface area (Å²) in [4.78, 5) is 7.81. The molecule has 3 rings (SSSR count). The Morgan fingerprint density at radius 3 is 2.27 bits per heavy atom. The van der Waals surface area contributed by atoms with E-state index in [4.69, 9.17) is 11.6 Å². The first-order chi connectivity index (χ1) is 15.4. The number of aromatic nitrogens is 2. The minimum Gasteiger partial charge on any atom is -0.406 e. The SMILES string of the molecule is Fc1ccc(Nc2cc(Cl)nc(N/N=C/c3ccc(OC(F)(F)F)cc3)n2)cc1C(F)(F)F. The van der Waals surface area contributed by atoms with E-state index in [1.807, 2.05) is 0 Å². The molecule has 0 radical (unpaired) electrons. The summed E-state index contributed by atoms with van der Waals surface area (Å²) in [5, 5.41) is 6.29. The maximum absolute atomic E-state index is 13.4. The molecule has 2 aromatic carbocycles. The molecule has 174 valence electrons. The topological polar surface area (TPSA) is 71.4 Å². The van der Waals surface area contributed by atoms with Gasteiger partial charge in [0.25, 0.3) is 0 Å². The summed E-state index contributed by atoms with van der Waals surface area (Å²) in [6, 6.07) is 8.32.